The minimum Gasteiger partial charge on any atom is -0.413 e. The Bertz CT molecular complexity index is 697. The second-order valence-corrected chi connectivity index (χ2v) is 15.4. The summed E-state index contributed by atoms with van der Waals surface area (Å²) in [5, 5.41) is 0.0955. The van der Waals surface area contributed by atoms with Gasteiger partial charge in [-0.15, -0.1) is 0 Å². The molecule has 1 aliphatic carbocycles. The van der Waals surface area contributed by atoms with Crippen LogP contribution in [-0.4, -0.2) is 41.8 Å². The van der Waals surface area contributed by atoms with E-state index in [1.165, 1.54) is 0 Å². The zero-order chi connectivity index (χ0) is 20.3. The van der Waals surface area contributed by atoms with Gasteiger partial charge in [-0.1, -0.05) is 51.1 Å². The average molecular weight is 415 g/mol. The first-order valence-electron chi connectivity index (χ1n) is 9.55. The van der Waals surface area contributed by atoms with Gasteiger partial charge < -0.3 is 9.16 Å². The van der Waals surface area contributed by atoms with E-state index < -0.39 is 18.4 Å². The molecule has 0 aliphatic heterocycles. The van der Waals surface area contributed by atoms with E-state index in [-0.39, 0.29) is 23.2 Å². The van der Waals surface area contributed by atoms with Gasteiger partial charge in [-0.25, -0.2) is 0 Å². The molecule has 7 heteroatoms. The minimum absolute atomic E-state index is 0.0339. The normalized spacial score (nSPS) is 24.3. The van der Waals surface area contributed by atoms with E-state index in [0.717, 1.165) is 11.8 Å². The van der Waals surface area contributed by atoms with Gasteiger partial charge in [0.05, 0.1) is 31.7 Å². The maximum absolute atomic E-state index is 11.6. The van der Waals surface area contributed by atoms with Crippen molar-refractivity contribution in [3.8, 4) is 0 Å². The maximum Gasteiger partial charge on any atom is 0.264 e. The molecule has 1 aromatic rings. The molecule has 3 atom stereocenters. The molecule has 0 N–H and O–H groups in total. The molecule has 0 radical (unpaired) electrons. The molecule has 1 fully saturated rings. The van der Waals surface area contributed by atoms with Crippen LogP contribution in [0.5, 0.6) is 0 Å². The van der Waals surface area contributed by atoms with Crippen LogP contribution in [-0.2, 0) is 30.1 Å². The molecule has 2 rings (SSSR count). The average Bonchev–Trinajstić information content (AvgIpc) is 2.86. The summed E-state index contributed by atoms with van der Waals surface area (Å²) in [5.41, 5.74) is 1.13. The minimum atomic E-state index is -3.48. The van der Waals surface area contributed by atoms with Crippen LogP contribution in [0.1, 0.15) is 39.2 Å². The van der Waals surface area contributed by atoms with Crippen molar-refractivity contribution in [3.05, 3.63) is 35.9 Å². The van der Waals surface area contributed by atoms with Crippen molar-refractivity contribution in [2.24, 2.45) is 5.92 Å². The van der Waals surface area contributed by atoms with Crippen LogP contribution in [0.25, 0.3) is 0 Å². The highest BCUT2D eigenvalue weighted by atomic mass is 32.2. The molecule has 0 heterocycles. The molecule has 154 valence electrons. The van der Waals surface area contributed by atoms with Gasteiger partial charge in [0.15, 0.2) is 8.32 Å². The second kappa shape index (κ2) is 8.74. The van der Waals surface area contributed by atoms with E-state index in [4.69, 9.17) is 13.3 Å². The fourth-order valence-corrected chi connectivity index (χ4v) is 5.19. The van der Waals surface area contributed by atoms with E-state index in [2.05, 4.69) is 33.9 Å². The van der Waals surface area contributed by atoms with Crippen LogP contribution in [0.3, 0.4) is 0 Å². The maximum atomic E-state index is 11.6. The lowest BCUT2D eigenvalue weighted by Crippen LogP contribution is -2.45. The van der Waals surface area contributed by atoms with Gasteiger partial charge in [-0.2, -0.15) is 8.42 Å². The fourth-order valence-electron chi connectivity index (χ4n) is 3.14. The van der Waals surface area contributed by atoms with Crippen LogP contribution >= 0.6 is 0 Å². The van der Waals surface area contributed by atoms with E-state index >= 15 is 0 Å². The monoisotopic (exact) mass is 414 g/mol. The predicted molar refractivity (Wildman–Crippen MR) is 111 cm³/mol. The summed E-state index contributed by atoms with van der Waals surface area (Å²) in [6, 6.07) is 10.0. The van der Waals surface area contributed by atoms with Gasteiger partial charge in [0.2, 0.25) is 0 Å². The molecular formula is C20H34O5SSi. The summed E-state index contributed by atoms with van der Waals surface area (Å²) < 4.78 is 40.9. The lowest BCUT2D eigenvalue weighted by atomic mass is 10.1. The van der Waals surface area contributed by atoms with Crippen LogP contribution < -0.4 is 0 Å². The third-order valence-electron chi connectivity index (χ3n) is 5.59. The molecule has 5 nitrogen and oxygen atoms in total. The highest BCUT2D eigenvalue weighted by molar-refractivity contribution is 7.86. The summed E-state index contributed by atoms with van der Waals surface area (Å²) in [4.78, 5) is 0. The van der Waals surface area contributed by atoms with E-state index in [9.17, 15) is 8.42 Å². The molecule has 0 aromatic heterocycles. The zero-order valence-corrected chi connectivity index (χ0v) is 19.2. The van der Waals surface area contributed by atoms with Crippen LogP contribution in [0, 0.1) is 5.92 Å². The van der Waals surface area contributed by atoms with Crippen molar-refractivity contribution < 1.29 is 21.8 Å². The molecule has 0 spiro atoms. The Balaban J connectivity index is 2.02. The molecule has 1 saturated carbocycles. The first-order valence-corrected chi connectivity index (χ1v) is 14.3. The second-order valence-electron chi connectivity index (χ2n) is 9.07. The standard InChI is InChI=1S/C20H34O5SSi/c1-20(2,3)27(5,6)25-19-13-18(24-26(4,21)22)12-17(19)15-23-14-16-10-8-7-9-11-16/h7-11,17-19H,12-15H2,1-6H3. The molecule has 0 amide bonds. The Hall–Kier alpha value is -0.733. The van der Waals surface area contributed by atoms with E-state index in [1.807, 2.05) is 30.3 Å². The Labute approximate surface area is 165 Å². The SMILES string of the molecule is CC(C)(C)[Si](C)(C)OC1CC(OS(C)(=O)=O)CC1COCc1ccccc1. The van der Waals surface area contributed by atoms with E-state index in [0.29, 0.717) is 26.1 Å². The van der Waals surface area contributed by atoms with E-state index in [1.54, 1.807) is 0 Å². The number of ether oxygens (including phenoxy) is 1. The lowest BCUT2D eigenvalue weighted by molar-refractivity contribution is 0.0411. The predicted octanol–water partition coefficient (Wildman–Crippen LogP) is 4.35. The summed E-state index contributed by atoms with van der Waals surface area (Å²) in [6.07, 6.45) is 1.98. The number of hydrogen-bond donors (Lipinski definition) is 0. The highest BCUT2D eigenvalue weighted by Gasteiger charge is 2.44. The Morgan fingerprint density at radius 1 is 1.11 bits per heavy atom. The Kier molecular flexibility index (Phi) is 7.30. The van der Waals surface area contributed by atoms with Gasteiger partial charge in [0, 0.05) is 12.3 Å². The summed E-state index contributed by atoms with van der Waals surface area (Å²) >= 11 is 0. The molecule has 0 saturated heterocycles. The van der Waals surface area contributed by atoms with Gasteiger partial charge in [-0.05, 0) is 30.1 Å². The molecule has 3 unspecified atom stereocenters. The van der Waals surface area contributed by atoms with Gasteiger partial charge in [-0.3, -0.25) is 4.18 Å². The van der Waals surface area contributed by atoms with Gasteiger partial charge in [0.25, 0.3) is 10.1 Å². The Morgan fingerprint density at radius 2 is 1.74 bits per heavy atom. The van der Waals surface area contributed by atoms with Crippen molar-refractivity contribution >= 4 is 18.4 Å². The molecule has 27 heavy (non-hydrogen) atoms. The summed E-state index contributed by atoms with van der Waals surface area (Å²) in [7, 11) is -5.44. The zero-order valence-electron chi connectivity index (χ0n) is 17.4. The smallest absolute Gasteiger partial charge is 0.264 e. The first-order chi connectivity index (χ1) is 12.4. The molecular weight excluding hydrogens is 380 g/mol. The van der Waals surface area contributed by atoms with Crippen molar-refractivity contribution in [2.75, 3.05) is 12.9 Å². The third kappa shape index (κ3) is 6.98. The fraction of sp³-hybridized carbons (Fsp3) is 0.700. The number of rotatable bonds is 8. The van der Waals surface area contributed by atoms with Crippen molar-refractivity contribution in [2.45, 2.75) is 70.6 Å². The quantitative estimate of drug-likeness (QED) is 0.467. The number of hydrogen-bond acceptors (Lipinski definition) is 5. The highest BCUT2D eigenvalue weighted by Crippen LogP contribution is 2.41. The van der Waals surface area contributed by atoms with Crippen molar-refractivity contribution in [1.82, 2.24) is 0 Å². The van der Waals surface area contributed by atoms with Crippen molar-refractivity contribution in [3.63, 3.8) is 0 Å². The summed E-state index contributed by atoms with van der Waals surface area (Å²) in [5.74, 6) is 0.134. The van der Waals surface area contributed by atoms with Crippen LogP contribution in [0.4, 0.5) is 0 Å². The topological polar surface area (TPSA) is 61.8 Å². The first kappa shape index (κ1) is 22.6. The van der Waals surface area contributed by atoms with Crippen LogP contribution in [0.2, 0.25) is 18.1 Å². The number of benzene rings is 1. The molecule has 0 bridgehead atoms. The van der Waals surface area contributed by atoms with Crippen molar-refractivity contribution in [1.29, 1.82) is 0 Å². The summed E-state index contributed by atoms with van der Waals surface area (Å²) in [6.45, 7) is 12.2. The lowest BCUT2D eigenvalue weighted by Gasteiger charge is -2.39. The third-order valence-corrected chi connectivity index (χ3v) is 10.7. The Morgan fingerprint density at radius 3 is 2.30 bits per heavy atom. The van der Waals surface area contributed by atoms with Crippen LogP contribution in [0.15, 0.2) is 30.3 Å². The molecule has 1 aliphatic rings. The largest absolute Gasteiger partial charge is 0.413 e. The van der Waals surface area contributed by atoms with Gasteiger partial charge >= 0.3 is 0 Å². The van der Waals surface area contributed by atoms with Gasteiger partial charge in [0.1, 0.15) is 0 Å². The molecule has 1 aromatic carbocycles.